The summed E-state index contributed by atoms with van der Waals surface area (Å²) in [7, 11) is 0. The van der Waals surface area contributed by atoms with Crippen molar-refractivity contribution in [1.82, 2.24) is 19.9 Å². The summed E-state index contributed by atoms with van der Waals surface area (Å²) in [6.07, 6.45) is 3.65. The molecule has 7 heteroatoms. The second-order valence-corrected chi connectivity index (χ2v) is 15.2. The number of aromatic nitrogens is 4. The first-order valence-corrected chi connectivity index (χ1v) is 19.6. The van der Waals surface area contributed by atoms with Crippen molar-refractivity contribution in [1.29, 1.82) is 0 Å². The van der Waals surface area contributed by atoms with Gasteiger partial charge in [-0.05, 0) is 53.6 Å². The van der Waals surface area contributed by atoms with Crippen LogP contribution in [-0.4, -0.2) is 19.9 Å². The smallest absolute Gasteiger partial charge is 0.167 e. The number of hydrogen-bond acceptors (Lipinski definition) is 7. The molecule has 12 aromatic rings. The molecule has 0 saturated heterocycles. The first kappa shape index (κ1) is 31.8. The highest BCUT2D eigenvalue weighted by atomic mass is 32.1. The summed E-state index contributed by atoms with van der Waals surface area (Å²) in [4.78, 5) is 20.1. The first-order chi connectivity index (χ1) is 28.2. The van der Waals surface area contributed by atoms with E-state index in [4.69, 9.17) is 23.8 Å². The summed E-state index contributed by atoms with van der Waals surface area (Å²) in [5, 5.41) is 6.69. The van der Waals surface area contributed by atoms with E-state index in [2.05, 4.69) is 108 Å². The van der Waals surface area contributed by atoms with Gasteiger partial charge in [0.15, 0.2) is 17.5 Å². The number of thiophene rings is 1. The molecule has 7 aromatic carbocycles. The summed E-state index contributed by atoms with van der Waals surface area (Å²) < 4.78 is 15.7. The van der Waals surface area contributed by atoms with Crippen molar-refractivity contribution >= 4 is 75.4 Å². The van der Waals surface area contributed by atoms with Crippen LogP contribution in [0.25, 0.3) is 120 Å². The number of para-hydroxylation sites is 2. The fraction of sp³-hybridized carbons (Fsp3) is 0. The predicted octanol–water partition coefficient (Wildman–Crippen LogP) is 13.8. The molecule has 0 bridgehead atoms. The largest absolute Gasteiger partial charge is 0.456 e. The minimum Gasteiger partial charge on any atom is -0.456 e. The lowest BCUT2D eigenvalue weighted by Gasteiger charge is -2.13. The summed E-state index contributed by atoms with van der Waals surface area (Å²) in [6, 6.07) is 54.2. The number of benzene rings is 7. The minimum absolute atomic E-state index is 0.511. The Bertz CT molecular complexity index is 3550. The van der Waals surface area contributed by atoms with E-state index < -0.39 is 0 Å². The molecule has 0 amide bonds. The van der Waals surface area contributed by atoms with Gasteiger partial charge in [-0.2, -0.15) is 0 Å². The lowest BCUT2D eigenvalue weighted by molar-refractivity contribution is 0.668. The van der Waals surface area contributed by atoms with Crippen molar-refractivity contribution in [3.8, 4) is 56.4 Å². The van der Waals surface area contributed by atoms with Crippen LogP contribution in [-0.2, 0) is 0 Å². The molecule has 0 radical (unpaired) electrons. The molecule has 0 saturated carbocycles. The maximum Gasteiger partial charge on any atom is 0.167 e. The van der Waals surface area contributed by atoms with Crippen LogP contribution in [0.5, 0.6) is 0 Å². The van der Waals surface area contributed by atoms with Crippen molar-refractivity contribution in [2.45, 2.75) is 0 Å². The van der Waals surface area contributed by atoms with E-state index in [0.717, 1.165) is 77.3 Å². The molecule has 5 aromatic heterocycles. The van der Waals surface area contributed by atoms with Gasteiger partial charge >= 0.3 is 0 Å². The molecule has 0 aliphatic rings. The summed E-state index contributed by atoms with van der Waals surface area (Å²) in [6.45, 7) is 0. The molecule has 266 valence electrons. The van der Waals surface area contributed by atoms with Gasteiger partial charge in [-0.15, -0.1) is 11.3 Å². The van der Waals surface area contributed by atoms with Crippen LogP contribution >= 0.6 is 11.3 Å². The minimum atomic E-state index is 0.511. The third-order valence-electron chi connectivity index (χ3n) is 10.9. The second kappa shape index (κ2) is 12.5. The highest BCUT2D eigenvalue weighted by molar-refractivity contribution is 7.26. The van der Waals surface area contributed by atoms with E-state index in [9.17, 15) is 0 Å². The zero-order valence-electron chi connectivity index (χ0n) is 30.2. The Morgan fingerprint density at radius 3 is 1.93 bits per heavy atom. The molecule has 0 unspecified atom stereocenters. The second-order valence-electron chi connectivity index (χ2n) is 14.1. The monoisotopic (exact) mass is 748 g/mol. The molecule has 57 heavy (non-hydrogen) atoms. The van der Waals surface area contributed by atoms with Crippen LogP contribution in [0.4, 0.5) is 0 Å². The van der Waals surface area contributed by atoms with Crippen molar-refractivity contribution in [2.75, 3.05) is 0 Å². The van der Waals surface area contributed by atoms with Crippen molar-refractivity contribution in [3.05, 3.63) is 170 Å². The highest BCUT2D eigenvalue weighted by Crippen LogP contribution is 2.46. The Labute approximate surface area is 329 Å². The molecular formula is C50H28N4O2S. The Hall–Kier alpha value is -7.48. The van der Waals surface area contributed by atoms with E-state index in [1.54, 1.807) is 6.20 Å². The van der Waals surface area contributed by atoms with Gasteiger partial charge in [0.2, 0.25) is 0 Å². The van der Waals surface area contributed by atoms with Crippen LogP contribution in [0.15, 0.2) is 179 Å². The molecule has 0 N–H and O–H groups in total. The topological polar surface area (TPSA) is 77.8 Å². The lowest BCUT2D eigenvalue weighted by atomic mass is 9.95. The van der Waals surface area contributed by atoms with Crippen molar-refractivity contribution in [3.63, 3.8) is 0 Å². The maximum atomic E-state index is 6.83. The van der Waals surface area contributed by atoms with Crippen molar-refractivity contribution < 1.29 is 8.83 Å². The van der Waals surface area contributed by atoms with E-state index in [1.165, 1.54) is 25.7 Å². The van der Waals surface area contributed by atoms with E-state index in [-0.39, 0.29) is 0 Å². The van der Waals surface area contributed by atoms with Gasteiger partial charge in [0, 0.05) is 76.4 Å². The molecule has 0 atom stereocenters. The van der Waals surface area contributed by atoms with Crippen LogP contribution in [0, 0.1) is 0 Å². The Morgan fingerprint density at radius 1 is 0.404 bits per heavy atom. The fourth-order valence-electron chi connectivity index (χ4n) is 8.25. The molecular weight excluding hydrogens is 721 g/mol. The Kier molecular flexibility index (Phi) is 7.00. The van der Waals surface area contributed by atoms with E-state index in [0.29, 0.717) is 17.5 Å². The van der Waals surface area contributed by atoms with Gasteiger partial charge in [0.25, 0.3) is 0 Å². The summed E-state index contributed by atoms with van der Waals surface area (Å²) >= 11 is 1.83. The van der Waals surface area contributed by atoms with Crippen LogP contribution in [0.3, 0.4) is 0 Å². The van der Waals surface area contributed by atoms with Crippen molar-refractivity contribution in [2.24, 2.45) is 0 Å². The number of furan rings is 2. The molecule has 12 rings (SSSR count). The molecule has 0 fully saturated rings. The SMILES string of the molecule is c1cncc(-c2ccccc2-c2nc(-c3ccc4c(c3)oc3ccccc34)nc(-c3ccc(-c4cccc5c4sc4ccccc45)c4c3oc3ccccc34)n2)c1. The van der Waals surface area contributed by atoms with E-state index >= 15 is 0 Å². The average Bonchev–Trinajstić information content (AvgIpc) is 3.98. The number of pyridine rings is 1. The number of fused-ring (bicyclic) bond motifs is 9. The van der Waals surface area contributed by atoms with Crippen LogP contribution in [0.1, 0.15) is 0 Å². The molecule has 5 heterocycles. The van der Waals surface area contributed by atoms with Gasteiger partial charge in [0.05, 0.1) is 5.56 Å². The predicted molar refractivity (Wildman–Crippen MR) is 232 cm³/mol. The molecule has 0 spiro atoms. The van der Waals surface area contributed by atoms with E-state index in [1.807, 2.05) is 72.1 Å². The highest BCUT2D eigenvalue weighted by Gasteiger charge is 2.23. The Balaban J connectivity index is 1.12. The van der Waals surface area contributed by atoms with Gasteiger partial charge in [-0.3, -0.25) is 4.98 Å². The zero-order chi connectivity index (χ0) is 37.5. The van der Waals surface area contributed by atoms with Crippen LogP contribution < -0.4 is 0 Å². The third kappa shape index (κ3) is 5.03. The molecule has 6 nitrogen and oxygen atoms in total. The number of nitrogens with zero attached hydrogens (tertiary/aromatic N) is 4. The molecule has 0 aliphatic heterocycles. The first-order valence-electron chi connectivity index (χ1n) is 18.8. The average molecular weight is 749 g/mol. The quantitative estimate of drug-likeness (QED) is 0.174. The Morgan fingerprint density at radius 2 is 1.07 bits per heavy atom. The number of rotatable bonds is 5. The van der Waals surface area contributed by atoms with Crippen LogP contribution in [0.2, 0.25) is 0 Å². The standard InChI is InChI=1S/C50H28N4O2S/c1-2-15-38(31(12-1)30-11-10-26-51-28-30)49-52-48(29-22-23-33-32-13-3-6-19-41(32)55-43(33)27-29)53-50(54-49)40-25-24-35(45-39-16-4-7-20-42(39)56-46(40)45)37-18-9-17-36-34-14-5-8-21-44(34)57-47(36)37/h1-28H. The summed E-state index contributed by atoms with van der Waals surface area (Å²) in [5.41, 5.74) is 9.82. The normalized spacial score (nSPS) is 11.9. The van der Waals surface area contributed by atoms with Gasteiger partial charge in [-0.25, -0.2) is 15.0 Å². The fourth-order valence-corrected chi connectivity index (χ4v) is 9.48. The molecule has 0 aliphatic carbocycles. The summed E-state index contributed by atoms with van der Waals surface area (Å²) in [5.74, 6) is 1.58. The van der Waals surface area contributed by atoms with Gasteiger partial charge in [-0.1, -0.05) is 115 Å². The van der Waals surface area contributed by atoms with Gasteiger partial charge in [0.1, 0.15) is 22.3 Å². The lowest BCUT2D eigenvalue weighted by Crippen LogP contribution is -2.01. The maximum absolute atomic E-state index is 6.83. The zero-order valence-corrected chi connectivity index (χ0v) is 31.0. The van der Waals surface area contributed by atoms with Gasteiger partial charge < -0.3 is 8.83 Å². The third-order valence-corrected chi connectivity index (χ3v) is 12.1. The number of hydrogen-bond donors (Lipinski definition) is 0.